The summed E-state index contributed by atoms with van der Waals surface area (Å²) in [4.78, 5) is 0. The van der Waals surface area contributed by atoms with Crippen molar-refractivity contribution in [3.8, 4) is 0 Å². The fourth-order valence-electron chi connectivity index (χ4n) is 6.55. The molecule has 41 heavy (non-hydrogen) atoms. The van der Waals surface area contributed by atoms with E-state index in [0.717, 1.165) is 0 Å². The number of hydrogen-bond acceptors (Lipinski definition) is 0. The molecule has 0 aliphatic carbocycles. The van der Waals surface area contributed by atoms with Gasteiger partial charge < -0.3 is 0 Å². The van der Waals surface area contributed by atoms with Gasteiger partial charge in [-0.15, -0.1) is 0 Å². The van der Waals surface area contributed by atoms with Crippen LogP contribution in [-0.4, -0.2) is 0 Å². The molecule has 0 saturated carbocycles. The maximum Gasteiger partial charge on any atom is 0.184 e. The van der Waals surface area contributed by atoms with E-state index in [9.17, 15) is 0 Å². The highest BCUT2D eigenvalue weighted by Crippen LogP contribution is 2.17. The number of aryl methyl sites for hydroxylation is 2. The van der Waals surface area contributed by atoms with Crippen LogP contribution in [0.2, 0.25) is 0 Å². The van der Waals surface area contributed by atoms with Crippen molar-refractivity contribution < 1.29 is 4.57 Å². The molecule has 0 bridgehead atoms. The van der Waals surface area contributed by atoms with Gasteiger partial charge in [0.15, 0.2) is 11.9 Å². The zero-order chi connectivity index (χ0) is 29.5. The van der Waals surface area contributed by atoms with Gasteiger partial charge in [-0.3, -0.25) is 0 Å². The summed E-state index contributed by atoms with van der Waals surface area (Å²) in [6, 6.07) is 4.81. The molecule has 0 saturated heterocycles. The van der Waals surface area contributed by atoms with Crippen molar-refractivity contribution in [1.82, 2.24) is 0 Å². The van der Waals surface area contributed by atoms with E-state index in [1.807, 2.05) is 0 Å². The third-order valence-electron chi connectivity index (χ3n) is 9.35. The molecule has 1 aromatic heterocycles. The summed E-state index contributed by atoms with van der Waals surface area (Å²) in [6.45, 7) is 8.17. The Bertz CT molecular complexity index is 650. The molecule has 1 aromatic rings. The smallest absolute Gasteiger partial charge is 0.184 e. The summed E-state index contributed by atoms with van der Waals surface area (Å²) in [5.74, 6) is 0. The quantitative estimate of drug-likeness (QED) is 0.0599. The summed E-state index contributed by atoms with van der Waals surface area (Å²) in [5.41, 5.74) is 3.35. The van der Waals surface area contributed by atoms with Crippen LogP contribution >= 0.6 is 0 Å². The van der Waals surface area contributed by atoms with Crippen LogP contribution in [0.5, 0.6) is 0 Å². The van der Waals surface area contributed by atoms with E-state index < -0.39 is 0 Å². The standard InChI is InChI=1S/C40H76N/c1-4-7-10-13-16-19-20-23-26-29-32-37-41-38-33-35-39(34-30-27-24-21-17-14-11-8-5-2)40(41)36-31-28-25-22-18-15-12-9-6-3/h33,35,38H,4-32,34,36-37H2,1-3H3/q+1. The molecular weight excluding hydrogens is 494 g/mol. The predicted molar refractivity (Wildman–Crippen MR) is 185 cm³/mol. The summed E-state index contributed by atoms with van der Waals surface area (Å²) in [6.07, 6.45) is 46.3. The van der Waals surface area contributed by atoms with E-state index in [1.54, 1.807) is 11.3 Å². The highest BCUT2D eigenvalue weighted by atomic mass is 15.0. The minimum atomic E-state index is 1.23. The second-order valence-electron chi connectivity index (χ2n) is 13.4. The van der Waals surface area contributed by atoms with Gasteiger partial charge in [-0.25, -0.2) is 4.57 Å². The van der Waals surface area contributed by atoms with Crippen molar-refractivity contribution in [3.63, 3.8) is 0 Å². The molecule has 240 valence electrons. The van der Waals surface area contributed by atoms with E-state index in [4.69, 9.17) is 0 Å². The summed E-state index contributed by atoms with van der Waals surface area (Å²) >= 11 is 0. The SMILES string of the molecule is CCCCCCCCCCCCC[n+]1cccc(CCCCCCCCCCC)c1CCCCCCCCCCC. The van der Waals surface area contributed by atoms with Crippen molar-refractivity contribution >= 4 is 0 Å². The first-order valence-corrected chi connectivity index (χ1v) is 19.3. The predicted octanol–water partition coefficient (Wildman–Crippen LogP) is 13.4. The van der Waals surface area contributed by atoms with Crippen LogP contribution in [0.25, 0.3) is 0 Å². The van der Waals surface area contributed by atoms with Crippen LogP contribution in [0.1, 0.15) is 218 Å². The van der Waals surface area contributed by atoms with Crippen molar-refractivity contribution in [2.24, 2.45) is 0 Å². The molecule has 0 radical (unpaired) electrons. The van der Waals surface area contributed by atoms with E-state index >= 15 is 0 Å². The zero-order valence-corrected chi connectivity index (χ0v) is 28.8. The van der Waals surface area contributed by atoms with Crippen LogP contribution in [0, 0.1) is 0 Å². The van der Waals surface area contributed by atoms with Crippen molar-refractivity contribution in [1.29, 1.82) is 0 Å². The maximum atomic E-state index is 2.67. The highest BCUT2D eigenvalue weighted by molar-refractivity contribution is 5.16. The monoisotopic (exact) mass is 571 g/mol. The van der Waals surface area contributed by atoms with Gasteiger partial charge in [0.05, 0.1) is 0 Å². The fourth-order valence-corrected chi connectivity index (χ4v) is 6.55. The van der Waals surface area contributed by atoms with Gasteiger partial charge in [-0.1, -0.05) is 181 Å². The third kappa shape index (κ3) is 23.3. The lowest BCUT2D eigenvalue weighted by atomic mass is 9.99. The van der Waals surface area contributed by atoms with Gasteiger partial charge >= 0.3 is 0 Å². The number of pyridine rings is 1. The Labute approximate surface area is 260 Å². The van der Waals surface area contributed by atoms with Gasteiger partial charge in [0.25, 0.3) is 0 Å². The van der Waals surface area contributed by atoms with E-state index in [-0.39, 0.29) is 0 Å². The number of hydrogen-bond donors (Lipinski definition) is 0. The topological polar surface area (TPSA) is 3.88 Å². The molecule has 1 heteroatoms. The first kappa shape index (κ1) is 38.2. The Kier molecular flexibility index (Phi) is 28.5. The van der Waals surface area contributed by atoms with Crippen LogP contribution < -0.4 is 4.57 Å². The van der Waals surface area contributed by atoms with Crippen LogP contribution in [-0.2, 0) is 19.4 Å². The van der Waals surface area contributed by atoms with E-state index in [1.165, 1.54) is 206 Å². The fraction of sp³-hybridized carbons (Fsp3) is 0.875. The minimum Gasteiger partial charge on any atom is -0.202 e. The molecule has 0 aliphatic rings. The summed E-state index contributed by atoms with van der Waals surface area (Å²) < 4.78 is 2.67. The van der Waals surface area contributed by atoms with E-state index in [2.05, 4.69) is 43.7 Å². The number of rotatable bonds is 32. The van der Waals surface area contributed by atoms with Crippen molar-refractivity contribution in [2.45, 2.75) is 226 Å². The van der Waals surface area contributed by atoms with Gasteiger partial charge in [-0.05, 0) is 31.7 Å². The first-order chi connectivity index (χ1) is 20.3. The first-order valence-electron chi connectivity index (χ1n) is 19.3. The lowest BCUT2D eigenvalue weighted by Crippen LogP contribution is -2.39. The minimum absolute atomic E-state index is 1.23. The number of aromatic nitrogens is 1. The molecule has 0 aliphatic heterocycles. The number of unbranched alkanes of at least 4 members (excludes halogenated alkanes) is 26. The van der Waals surface area contributed by atoms with Crippen LogP contribution in [0.3, 0.4) is 0 Å². The molecule has 0 fully saturated rings. The Hall–Kier alpha value is -0.850. The molecule has 1 rings (SSSR count). The third-order valence-corrected chi connectivity index (χ3v) is 9.35. The second-order valence-corrected chi connectivity index (χ2v) is 13.4. The molecule has 0 aromatic carbocycles. The zero-order valence-electron chi connectivity index (χ0n) is 28.8. The average molecular weight is 571 g/mol. The molecule has 1 nitrogen and oxygen atoms in total. The Morgan fingerprint density at radius 2 is 0.732 bits per heavy atom. The molecule has 0 atom stereocenters. The Morgan fingerprint density at radius 3 is 1.15 bits per heavy atom. The van der Waals surface area contributed by atoms with Crippen molar-refractivity contribution in [2.75, 3.05) is 0 Å². The molecular formula is C40H76N+. The van der Waals surface area contributed by atoms with Gasteiger partial charge in [0, 0.05) is 24.5 Å². The highest BCUT2D eigenvalue weighted by Gasteiger charge is 2.15. The summed E-state index contributed by atoms with van der Waals surface area (Å²) in [5, 5.41) is 0. The lowest BCUT2D eigenvalue weighted by Gasteiger charge is -2.11. The van der Waals surface area contributed by atoms with Gasteiger partial charge in [0.1, 0.15) is 6.54 Å². The lowest BCUT2D eigenvalue weighted by molar-refractivity contribution is -0.705. The maximum absolute atomic E-state index is 2.67. The Morgan fingerprint density at radius 1 is 0.390 bits per heavy atom. The Balaban J connectivity index is 2.41. The second kappa shape index (κ2) is 30.6. The molecule has 0 spiro atoms. The van der Waals surface area contributed by atoms with E-state index in [0.29, 0.717) is 0 Å². The van der Waals surface area contributed by atoms with Gasteiger partial charge in [-0.2, -0.15) is 0 Å². The molecule has 0 unspecified atom stereocenters. The normalized spacial score (nSPS) is 11.5. The molecule has 0 N–H and O–H groups in total. The van der Waals surface area contributed by atoms with Crippen LogP contribution in [0.15, 0.2) is 18.3 Å². The molecule has 0 amide bonds. The number of nitrogens with zero attached hydrogens (tertiary/aromatic N) is 1. The largest absolute Gasteiger partial charge is 0.202 e. The average Bonchev–Trinajstić information content (AvgIpc) is 2.99. The summed E-state index contributed by atoms with van der Waals surface area (Å²) in [7, 11) is 0. The molecule has 1 heterocycles. The van der Waals surface area contributed by atoms with Crippen molar-refractivity contribution in [3.05, 3.63) is 29.6 Å². The van der Waals surface area contributed by atoms with Gasteiger partial charge in [0.2, 0.25) is 0 Å². The van der Waals surface area contributed by atoms with Crippen LogP contribution in [0.4, 0.5) is 0 Å².